The quantitative estimate of drug-likeness (QED) is 0.654. The van der Waals surface area contributed by atoms with Gasteiger partial charge in [-0.25, -0.2) is 0 Å². The van der Waals surface area contributed by atoms with Crippen LogP contribution in [0.25, 0.3) is 0 Å². The average molecular weight is 200 g/mol. The Morgan fingerprint density at radius 1 is 1.29 bits per heavy atom. The maximum Gasteiger partial charge on any atom is 0.234 e. The molecular weight excluding hydrogens is 176 g/mol. The summed E-state index contributed by atoms with van der Waals surface area (Å²) in [5, 5.41) is 2.96. The lowest BCUT2D eigenvalue weighted by atomic mass is 9.93. The van der Waals surface area contributed by atoms with Gasteiger partial charge in [0.25, 0.3) is 0 Å². The number of rotatable bonds is 7. The van der Waals surface area contributed by atoms with Gasteiger partial charge in [-0.1, -0.05) is 33.6 Å². The third-order valence-electron chi connectivity index (χ3n) is 2.63. The maximum atomic E-state index is 11.0. The molecule has 3 nitrogen and oxygen atoms in total. The first-order valence-electron chi connectivity index (χ1n) is 5.45. The Morgan fingerprint density at radius 2 is 1.86 bits per heavy atom. The first-order valence-corrected chi connectivity index (χ1v) is 5.45. The topological polar surface area (TPSA) is 55.1 Å². The van der Waals surface area contributed by atoms with Gasteiger partial charge >= 0.3 is 0 Å². The number of nitrogens with two attached hydrogens (primary N) is 1. The fourth-order valence-electron chi connectivity index (χ4n) is 1.72. The second-order valence-electron chi connectivity index (χ2n) is 4.47. The van der Waals surface area contributed by atoms with Crippen molar-refractivity contribution in [2.45, 2.75) is 46.1 Å². The molecule has 3 heteroatoms. The van der Waals surface area contributed by atoms with Gasteiger partial charge in [0.15, 0.2) is 0 Å². The van der Waals surface area contributed by atoms with Gasteiger partial charge < -0.3 is 11.1 Å². The van der Waals surface area contributed by atoms with Crippen LogP contribution in [0.2, 0.25) is 0 Å². The molecule has 0 spiro atoms. The van der Waals surface area contributed by atoms with E-state index in [2.05, 4.69) is 26.1 Å². The molecule has 0 aliphatic carbocycles. The number of nitrogens with one attached hydrogen (secondary N) is 1. The molecule has 0 aromatic carbocycles. The minimum Gasteiger partial charge on any atom is -0.368 e. The molecule has 0 rings (SSSR count). The van der Waals surface area contributed by atoms with Crippen molar-refractivity contribution in [2.75, 3.05) is 7.05 Å². The van der Waals surface area contributed by atoms with Crippen LogP contribution < -0.4 is 11.1 Å². The number of likely N-dealkylation sites (N-methyl/N-ethyl adjacent to an activating group) is 1. The van der Waals surface area contributed by atoms with Crippen molar-refractivity contribution in [2.24, 2.45) is 17.6 Å². The molecule has 1 amide bonds. The van der Waals surface area contributed by atoms with E-state index in [1.807, 2.05) is 0 Å². The summed E-state index contributed by atoms with van der Waals surface area (Å²) in [5.41, 5.74) is 5.28. The monoisotopic (exact) mass is 200 g/mol. The molecular formula is C11H24N2O. The molecule has 3 N–H and O–H groups in total. The Hall–Kier alpha value is -0.570. The van der Waals surface area contributed by atoms with E-state index in [4.69, 9.17) is 5.73 Å². The molecule has 0 saturated heterocycles. The summed E-state index contributed by atoms with van der Waals surface area (Å²) in [6, 6.07) is -0.179. The van der Waals surface area contributed by atoms with Crippen molar-refractivity contribution in [3.63, 3.8) is 0 Å². The first kappa shape index (κ1) is 13.4. The zero-order valence-electron chi connectivity index (χ0n) is 9.84. The lowest BCUT2D eigenvalue weighted by Crippen LogP contribution is -2.43. The highest BCUT2D eigenvalue weighted by atomic mass is 16.1. The molecule has 0 aromatic heterocycles. The van der Waals surface area contributed by atoms with E-state index in [0.29, 0.717) is 5.92 Å². The highest BCUT2D eigenvalue weighted by molar-refractivity contribution is 5.80. The van der Waals surface area contributed by atoms with Crippen molar-refractivity contribution in [3.8, 4) is 0 Å². The molecule has 0 fully saturated rings. The van der Waals surface area contributed by atoms with E-state index in [0.717, 1.165) is 12.3 Å². The van der Waals surface area contributed by atoms with Crippen molar-refractivity contribution in [3.05, 3.63) is 0 Å². The van der Waals surface area contributed by atoms with Gasteiger partial charge in [0.1, 0.15) is 0 Å². The lowest BCUT2D eigenvalue weighted by Gasteiger charge is -2.20. The van der Waals surface area contributed by atoms with Crippen molar-refractivity contribution in [1.82, 2.24) is 5.32 Å². The number of carbonyl (C=O) groups is 1. The summed E-state index contributed by atoms with van der Waals surface area (Å²) in [6.45, 7) is 6.51. The van der Waals surface area contributed by atoms with Crippen LogP contribution in [0.1, 0.15) is 40.0 Å². The number of primary amides is 1. The number of amides is 1. The zero-order valence-corrected chi connectivity index (χ0v) is 9.84. The minimum atomic E-state index is -0.246. The van der Waals surface area contributed by atoms with Crippen LogP contribution in [0.4, 0.5) is 0 Å². The Balaban J connectivity index is 3.81. The fraction of sp³-hybridized carbons (Fsp3) is 0.909. The summed E-state index contributed by atoms with van der Waals surface area (Å²) in [7, 11) is 1.79. The minimum absolute atomic E-state index is 0.179. The lowest BCUT2D eigenvalue weighted by molar-refractivity contribution is -0.121. The van der Waals surface area contributed by atoms with E-state index in [-0.39, 0.29) is 11.9 Å². The number of carbonyl (C=O) groups excluding carboxylic acids is 1. The molecule has 2 unspecified atom stereocenters. The molecule has 0 radical (unpaired) electrons. The fourth-order valence-corrected chi connectivity index (χ4v) is 1.72. The van der Waals surface area contributed by atoms with E-state index in [1.165, 1.54) is 12.8 Å². The molecule has 0 aromatic rings. The van der Waals surface area contributed by atoms with E-state index >= 15 is 0 Å². The second-order valence-corrected chi connectivity index (χ2v) is 4.47. The standard InChI is InChI=1S/C11H24N2O/c1-8(2)6-5-7-9(3)10(13-4)11(12)14/h8-10,13H,5-7H2,1-4H3,(H2,12,14). The summed E-state index contributed by atoms with van der Waals surface area (Å²) in [5.74, 6) is 0.824. The predicted octanol–water partition coefficient (Wildman–Crippen LogP) is 1.52. The van der Waals surface area contributed by atoms with Gasteiger partial charge in [-0.2, -0.15) is 0 Å². The third-order valence-corrected chi connectivity index (χ3v) is 2.63. The Morgan fingerprint density at radius 3 is 2.21 bits per heavy atom. The number of hydrogen-bond acceptors (Lipinski definition) is 2. The normalized spacial score (nSPS) is 15.5. The van der Waals surface area contributed by atoms with Crippen LogP contribution in [-0.2, 0) is 4.79 Å². The zero-order chi connectivity index (χ0) is 11.1. The molecule has 0 aliphatic heterocycles. The van der Waals surface area contributed by atoms with Crippen LogP contribution >= 0.6 is 0 Å². The Bertz CT molecular complexity index is 169. The molecule has 0 saturated carbocycles. The van der Waals surface area contributed by atoms with Crippen LogP contribution in [0.5, 0.6) is 0 Å². The van der Waals surface area contributed by atoms with Crippen LogP contribution in [-0.4, -0.2) is 19.0 Å². The van der Waals surface area contributed by atoms with Crippen molar-refractivity contribution >= 4 is 5.91 Å². The summed E-state index contributed by atoms with van der Waals surface area (Å²) in [4.78, 5) is 11.0. The van der Waals surface area contributed by atoms with Gasteiger partial charge in [-0.3, -0.25) is 4.79 Å². The first-order chi connectivity index (χ1) is 6.49. The van der Waals surface area contributed by atoms with Crippen molar-refractivity contribution in [1.29, 1.82) is 0 Å². The average Bonchev–Trinajstić information content (AvgIpc) is 2.03. The van der Waals surface area contributed by atoms with Crippen LogP contribution in [0.15, 0.2) is 0 Å². The number of hydrogen-bond donors (Lipinski definition) is 2. The summed E-state index contributed by atoms with van der Waals surface area (Å²) < 4.78 is 0. The second kappa shape index (κ2) is 6.82. The highest BCUT2D eigenvalue weighted by Crippen LogP contribution is 2.15. The summed E-state index contributed by atoms with van der Waals surface area (Å²) >= 11 is 0. The van der Waals surface area contributed by atoms with Gasteiger partial charge in [0.2, 0.25) is 5.91 Å². The summed E-state index contributed by atoms with van der Waals surface area (Å²) in [6.07, 6.45) is 3.45. The van der Waals surface area contributed by atoms with E-state index < -0.39 is 0 Å². The molecule has 14 heavy (non-hydrogen) atoms. The maximum absolute atomic E-state index is 11.0. The molecule has 0 aliphatic rings. The Kier molecular flexibility index (Phi) is 6.54. The van der Waals surface area contributed by atoms with E-state index in [9.17, 15) is 4.79 Å². The van der Waals surface area contributed by atoms with E-state index in [1.54, 1.807) is 7.05 Å². The molecule has 0 bridgehead atoms. The largest absolute Gasteiger partial charge is 0.368 e. The van der Waals surface area contributed by atoms with Gasteiger partial charge in [0, 0.05) is 0 Å². The van der Waals surface area contributed by atoms with Gasteiger partial charge in [-0.15, -0.1) is 0 Å². The molecule has 0 heterocycles. The highest BCUT2D eigenvalue weighted by Gasteiger charge is 2.20. The predicted molar refractivity (Wildman–Crippen MR) is 59.9 cm³/mol. The molecule has 84 valence electrons. The van der Waals surface area contributed by atoms with Crippen molar-refractivity contribution < 1.29 is 4.79 Å². The van der Waals surface area contributed by atoms with Gasteiger partial charge in [0.05, 0.1) is 6.04 Å². The smallest absolute Gasteiger partial charge is 0.234 e. The Labute approximate surface area is 87.4 Å². The van der Waals surface area contributed by atoms with Gasteiger partial charge in [-0.05, 0) is 25.3 Å². The molecule has 2 atom stereocenters. The van der Waals surface area contributed by atoms with Crippen LogP contribution in [0.3, 0.4) is 0 Å². The van der Waals surface area contributed by atoms with Crippen LogP contribution in [0, 0.1) is 11.8 Å². The third kappa shape index (κ3) is 5.22. The SMILES string of the molecule is CNC(C(N)=O)C(C)CCCC(C)C.